The lowest BCUT2D eigenvalue weighted by atomic mass is 10.1. The van der Waals surface area contributed by atoms with Crippen molar-refractivity contribution in [3.05, 3.63) is 59.0 Å². The molecule has 3 aromatic rings. The van der Waals surface area contributed by atoms with Crippen molar-refractivity contribution >= 4 is 34.1 Å². The van der Waals surface area contributed by atoms with Crippen molar-refractivity contribution in [2.45, 2.75) is 31.8 Å². The number of anilines is 1. The Morgan fingerprint density at radius 3 is 2.72 bits per heavy atom. The quantitative estimate of drug-likeness (QED) is 0.649. The number of fused-ring (bicyclic) bond motifs is 1. The molecular weight excluding hydrogens is 429 g/mol. The lowest BCUT2D eigenvalue weighted by Crippen LogP contribution is -2.53. The van der Waals surface area contributed by atoms with Gasteiger partial charge in [-0.3, -0.25) is 9.48 Å². The molecule has 0 spiro atoms. The molecule has 2 aliphatic heterocycles. The molecule has 1 unspecified atom stereocenters. The van der Waals surface area contributed by atoms with Gasteiger partial charge in [-0.15, -0.1) is 0 Å². The zero-order valence-corrected chi connectivity index (χ0v) is 18.9. The summed E-state index contributed by atoms with van der Waals surface area (Å²) in [6, 6.07) is 10.7. The monoisotopic (exact) mass is 455 g/mol. The number of carbonyl (C=O) groups excluding carboxylic acids is 1. The van der Waals surface area contributed by atoms with Crippen LogP contribution in [0.4, 0.5) is 10.1 Å². The average molecular weight is 456 g/mol. The van der Waals surface area contributed by atoms with Gasteiger partial charge in [0.25, 0.3) is 0 Å². The number of hydrogen-bond donors (Lipinski definition) is 1. The Hall–Kier alpha value is -2.64. The molecule has 1 amide bonds. The van der Waals surface area contributed by atoms with Crippen LogP contribution in [0.25, 0.3) is 10.9 Å². The van der Waals surface area contributed by atoms with E-state index in [9.17, 15) is 9.18 Å². The minimum atomic E-state index is -0.331. The van der Waals surface area contributed by atoms with Gasteiger partial charge in [-0.05, 0) is 56.6 Å². The summed E-state index contributed by atoms with van der Waals surface area (Å²) in [7, 11) is 0. The van der Waals surface area contributed by atoms with Crippen molar-refractivity contribution in [2.75, 3.05) is 37.6 Å². The summed E-state index contributed by atoms with van der Waals surface area (Å²) in [6.45, 7) is 5.90. The Morgan fingerprint density at radius 1 is 1.19 bits per heavy atom. The van der Waals surface area contributed by atoms with E-state index in [-0.39, 0.29) is 23.8 Å². The minimum absolute atomic E-state index is 0.0120. The first kappa shape index (κ1) is 21.2. The van der Waals surface area contributed by atoms with Crippen molar-refractivity contribution in [2.24, 2.45) is 0 Å². The molecule has 0 saturated carbocycles. The Kier molecular flexibility index (Phi) is 5.78. The topological polar surface area (TPSA) is 53.4 Å². The molecule has 8 heteroatoms. The van der Waals surface area contributed by atoms with Crippen molar-refractivity contribution < 1.29 is 9.18 Å². The standard InChI is InChI=1S/C24H27ClFN5O/c1-16(20-7-5-18(25)13-21(20)26)31-23-14-19(6-4-17(23)15-28-31)29-9-11-30(12-10-29)24(32)22-3-2-8-27-22/h4-7,13-16,22,27H,2-3,8-12H2,1H3/t16?,22-/m1/s1. The van der Waals surface area contributed by atoms with E-state index >= 15 is 0 Å². The fourth-order valence-corrected chi connectivity index (χ4v) is 4.96. The van der Waals surface area contributed by atoms with Crippen molar-refractivity contribution in [1.82, 2.24) is 20.0 Å². The normalized spacial score (nSPS) is 20.2. The maximum Gasteiger partial charge on any atom is 0.239 e. The Bertz CT molecular complexity index is 1130. The number of carbonyl (C=O) groups is 1. The molecular formula is C24H27ClFN5O. The highest BCUT2D eigenvalue weighted by Gasteiger charge is 2.29. The third-order valence-electron chi connectivity index (χ3n) is 6.68. The van der Waals surface area contributed by atoms with E-state index in [1.165, 1.54) is 6.07 Å². The number of nitrogens with zero attached hydrogens (tertiary/aromatic N) is 4. The van der Waals surface area contributed by atoms with Gasteiger partial charge in [0.1, 0.15) is 5.82 Å². The van der Waals surface area contributed by atoms with E-state index in [1.807, 2.05) is 22.7 Å². The molecule has 2 atom stereocenters. The summed E-state index contributed by atoms with van der Waals surface area (Å²) in [5.74, 6) is -0.100. The Morgan fingerprint density at radius 2 is 2.00 bits per heavy atom. The average Bonchev–Trinajstić information content (AvgIpc) is 3.48. The minimum Gasteiger partial charge on any atom is -0.368 e. The summed E-state index contributed by atoms with van der Waals surface area (Å²) in [5, 5.41) is 9.23. The molecule has 0 bridgehead atoms. The first-order valence-electron chi connectivity index (χ1n) is 11.2. The van der Waals surface area contributed by atoms with Gasteiger partial charge in [0.05, 0.1) is 23.8 Å². The smallest absolute Gasteiger partial charge is 0.239 e. The second-order valence-electron chi connectivity index (χ2n) is 8.64. The number of hydrogen-bond acceptors (Lipinski definition) is 4. The molecule has 2 aliphatic rings. The van der Waals surface area contributed by atoms with Gasteiger partial charge in [-0.1, -0.05) is 17.7 Å². The van der Waals surface area contributed by atoms with Gasteiger partial charge in [-0.25, -0.2) is 4.39 Å². The number of benzene rings is 2. The molecule has 168 valence electrons. The van der Waals surface area contributed by atoms with Gasteiger partial charge >= 0.3 is 0 Å². The van der Waals surface area contributed by atoms with Crippen molar-refractivity contribution in [3.63, 3.8) is 0 Å². The molecule has 1 aromatic heterocycles. The van der Waals surface area contributed by atoms with Gasteiger partial charge in [-0.2, -0.15) is 5.10 Å². The third-order valence-corrected chi connectivity index (χ3v) is 6.91. The van der Waals surface area contributed by atoms with Crippen LogP contribution in [0.5, 0.6) is 0 Å². The summed E-state index contributed by atoms with van der Waals surface area (Å²) in [6.07, 6.45) is 3.82. The molecule has 0 aliphatic carbocycles. The second kappa shape index (κ2) is 8.71. The lowest BCUT2D eigenvalue weighted by Gasteiger charge is -2.37. The maximum absolute atomic E-state index is 14.5. The van der Waals surface area contributed by atoms with Crippen LogP contribution in [0.15, 0.2) is 42.6 Å². The zero-order chi connectivity index (χ0) is 22.2. The predicted molar refractivity (Wildman–Crippen MR) is 125 cm³/mol. The van der Waals surface area contributed by atoms with Crippen LogP contribution in [-0.2, 0) is 4.79 Å². The van der Waals surface area contributed by atoms with E-state index in [4.69, 9.17) is 11.6 Å². The SMILES string of the molecule is CC(c1ccc(Cl)cc1F)n1ncc2ccc(N3CCN(C(=O)[C@H]4CCCN4)CC3)cc21. The maximum atomic E-state index is 14.5. The van der Waals surface area contributed by atoms with Gasteiger partial charge in [0.15, 0.2) is 0 Å². The largest absolute Gasteiger partial charge is 0.368 e. The predicted octanol–water partition coefficient (Wildman–Crippen LogP) is 3.84. The van der Waals surface area contributed by atoms with Crippen molar-refractivity contribution in [1.29, 1.82) is 0 Å². The Balaban J connectivity index is 1.34. The van der Waals surface area contributed by atoms with E-state index in [2.05, 4.69) is 33.5 Å². The number of aromatic nitrogens is 2. The van der Waals surface area contributed by atoms with Gasteiger partial charge in [0, 0.05) is 47.8 Å². The molecule has 2 fully saturated rings. The van der Waals surface area contributed by atoms with Crippen LogP contribution in [0.2, 0.25) is 5.02 Å². The summed E-state index contributed by atoms with van der Waals surface area (Å²) in [5.41, 5.74) is 2.60. The van der Waals surface area contributed by atoms with Crippen LogP contribution < -0.4 is 10.2 Å². The first-order valence-corrected chi connectivity index (χ1v) is 11.6. The molecule has 2 aromatic carbocycles. The summed E-state index contributed by atoms with van der Waals surface area (Å²) >= 11 is 5.92. The molecule has 32 heavy (non-hydrogen) atoms. The van der Waals surface area contributed by atoms with Crippen LogP contribution in [0.3, 0.4) is 0 Å². The highest BCUT2D eigenvalue weighted by Crippen LogP contribution is 2.29. The second-order valence-corrected chi connectivity index (χ2v) is 9.07. The molecule has 0 radical (unpaired) electrons. The number of amides is 1. The summed E-state index contributed by atoms with van der Waals surface area (Å²) in [4.78, 5) is 17.0. The van der Waals surface area contributed by atoms with Crippen LogP contribution in [0, 0.1) is 5.82 Å². The molecule has 1 N–H and O–H groups in total. The first-order chi connectivity index (χ1) is 15.5. The van der Waals surface area contributed by atoms with Crippen LogP contribution in [-0.4, -0.2) is 59.4 Å². The van der Waals surface area contributed by atoms with Crippen LogP contribution in [0.1, 0.15) is 31.4 Å². The molecule has 3 heterocycles. The number of rotatable bonds is 4. The van der Waals surface area contributed by atoms with E-state index in [0.717, 1.165) is 62.2 Å². The number of piperazine rings is 1. The van der Waals surface area contributed by atoms with Crippen LogP contribution >= 0.6 is 11.6 Å². The fraction of sp³-hybridized carbons (Fsp3) is 0.417. The van der Waals surface area contributed by atoms with E-state index in [0.29, 0.717) is 10.6 Å². The number of halogens is 2. The van der Waals surface area contributed by atoms with E-state index < -0.39 is 0 Å². The zero-order valence-electron chi connectivity index (χ0n) is 18.1. The highest BCUT2D eigenvalue weighted by atomic mass is 35.5. The van der Waals surface area contributed by atoms with E-state index in [1.54, 1.807) is 12.1 Å². The molecule has 5 rings (SSSR count). The molecule has 6 nitrogen and oxygen atoms in total. The highest BCUT2D eigenvalue weighted by molar-refractivity contribution is 6.30. The fourth-order valence-electron chi connectivity index (χ4n) is 4.80. The third kappa shape index (κ3) is 3.95. The number of nitrogens with one attached hydrogen (secondary N) is 1. The molecule has 2 saturated heterocycles. The summed E-state index contributed by atoms with van der Waals surface area (Å²) < 4.78 is 16.4. The van der Waals surface area contributed by atoms with Gasteiger partial charge < -0.3 is 15.1 Å². The van der Waals surface area contributed by atoms with Gasteiger partial charge in [0.2, 0.25) is 5.91 Å². The lowest BCUT2D eigenvalue weighted by molar-refractivity contribution is -0.133. The Labute approximate surface area is 191 Å². The van der Waals surface area contributed by atoms with Crippen molar-refractivity contribution in [3.8, 4) is 0 Å².